The fourth-order valence-electron chi connectivity index (χ4n) is 1.59. The van der Waals surface area contributed by atoms with Crippen LogP contribution in [0.15, 0.2) is 30.3 Å². The molecule has 0 saturated carbocycles. The Hall–Kier alpha value is -1.81. The molecule has 2 N–H and O–H groups in total. The first-order valence-corrected chi connectivity index (χ1v) is 8.24. The first kappa shape index (κ1) is 19.2. The van der Waals surface area contributed by atoms with Gasteiger partial charge in [0.1, 0.15) is 13.2 Å². The molecule has 0 aliphatic rings. The number of alkyl halides is 3. The lowest BCUT2D eigenvalue weighted by atomic mass is 10.2. The van der Waals surface area contributed by atoms with E-state index >= 15 is 0 Å². The minimum Gasteiger partial charge on any atom is -0.445 e. The molecule has 1 atom stereocenters. The van der Waals surface area contributed by atoms with Crippen LogP contribution in [0.1, 0.15) is 12.5 Å². The Bertz CT molecular complexity index is 605. The van der Waals surface area contributed by atoms with Crippen molar-refractivity contribution >= 4 is 16.1 Å². The summed E-state index contributed by atoms with van der Waals surface area (Å²) in [4.78, 5) is 11.5. The van der Waals surface area contributed by atoms with Crippen LogP contribution in [0.4, 0.5) is 18.0 Å². The minimum absolute atomic E-state index is 0.00152. The fraction of sp³-hybridized carbons (Fsp3) is 0.462. The van der Waals surface area contributed by atoms with Gasteiger partial charge in [0.05, 0.1) is 5.75 Å². The van der Waals surface area contributed by atoms with Crippen LogP contribution in [-0.2, 0) is 21.4 Å². The van der Waals surface area contributed by atoms with Gasteiger partial charge in [-0.3, -0.25) is 0 Å². The molecule has 0 spiro atoms. The van der Waals surface area contributed by atoms with Gasteiger partial charge in [-0.25, -0.2) is 17.9 Å². The quantitative estimate of drug-likeness (QED) is 0.782. The van der Waals surface area contributed by atoms with E-state index in [0.29, 0.717) is 0 Å². The maximum Gasteiger partial charge on any atom is 0.407 e. The molecular formula is C13H17F3N2O4S. The van der Waals surface area contributed by atoms with Gasteiger partial charge in [-0.2, -0.15) is 13.2 Å². The lowest BCUT2D eigenvalue weighted by molar-refractivity contribution is -0.121. The second-order valence-corrected chi connectivity index (χ2v) is 6.68. The van der Waals surface area contributed by atoms with E-state index in [1.165, 1.54) is 11.6 Å². The molecule has 0 heterocycles. The highest BCUT2D eigenvalue weighted by Gasteiger charge is 2.30. The predicted molar refractivity (Wildman–Crippen MR) is 77.1 cm³/mol. The number of alkyl carbamates (subject to hydrolysis) is 1. The van der Waals surface area contributed by atoms with Gasteiger partial charge in [0.2, 0.25) is 10.0 Å². The smallest absolute Gasteiger partial charge is 0.407 e. The van der Waals surface area contributed by atoms with Crippen molar-refractivity contribution < 1.29 is 31.1 Å². The van der Waals surface area contributed by atoms with Crippen molar-refractivity contribution in [2.45, 2.75) is 25.7 Å². The monoisotopic (exact) mass is 354 g/mol. The topological polar surface area (TPSA) is 84.5 Å². The van der Waals surface area contributed by atoms with Crippen LogP contribution in [0.5, 0.6) is 0 Å². The van der Waals surface area contributed by atoms with Gasteiger partial charge in [-0.15, -0.1) is 0 Å². The molecule has 0 aromatic heterocycles. The summed E-state index contributed by atoms with van der Waals surface area (Å²) < 4.78 is 65.1. The van der Waals surface area contributed by atoms with Crippen molar-refractivity contribution in [1.29, 1.82) is 0 Å². The van der Waals surface area contributed by atoms with E-state index in [-0.39, 0.29) is 6.61 Å². The number of ether oxygens (including phenoxy) is 1. The third-order valence-corrected chi connectivity index (χ3v) is 4.06. The molecule has 1 rings (SSSR count). The zero-order valence-electron chi connectivity index (χ0n) is 12.3. The number of hydrogen-bond donors (Lipinski definition) is 2. The lowest BCUT2D eigenvalue weighted by Gasteiger charge is -2.15. The average molecular weight is 354 g/mol. The minimum atomic E-state index is -4.64. The Morgan fingerprint density at radius 2 is 1.87 bits per heavy atom. The summed E-state index contributed by atoms with van der Waals surface area (Å²) in [6.45, 7) is -0.310. The van der Waals surface area contributed by atoms with Crippen LogP contribution >= 0.6 is 0 Å². The summed E-state index contributed by atoms with van der Waals surface area (Å²) >= 11 is 0. The zero-order valence-corrected chi connectivity index (χ0v) is 13.1. The van der Waals surface area contributed by atoms with Crippen LogP contribution in [-0.4, -0.2) is 39.0 Å². The third-order valence-electron chi connectivity index (χ3n) is 2.54. The van der Waals surface area contributed by atoms with Gasteiger partial charge in [0.15, 0.2) is 0 Å². The Balaban J connectivity index is 2.37. The number of carbonyl (C=O) groups excluding carboxylic acids is 1. The highest BCUT2D eigenvalue weighted by atomic mass is 32.2. The Kier molecular flexibility index (Phi) is 6.82. The maximum absolute atomic E-state index is 12.0. The van der Waals surface area contributed by atoms with Gasteiger partial charge in [0, 0.05) is 6.04 Å². The SMILES string of the molecule is C[C@H](CS(=O)(=O)NCC(F)(F)F)NC(=O)OCc1ccccc1. The third kappa shape index (κ3) is 9.04. The number of sulfonamides is 1. The van der Waals surface area contributed by atoms with E-state index in [9.17, 15) is 26.4 Å². The molecule has 1 aromatic rings. The second kappa shape index (κ2) is 8.16. The van der Waals surface area contributed by atoms with Crippen molar-refractivity contribution in [2.75, 3.05) is 12.3 Å². The van der Waals surface area contributed by atoms with Gasteiger partial charge in [-0.1, -0.05) is 30.3 Å². The number of nitrogens with one attached hydrogen (secondary N) is 2. The van der Waals surface area contributed by atoms with Crippen molar-refractivity contribution in [1.82, 2.24) is 10.0 Å². The second-order valence-electron chi connectivity index (χ2n) is 4.82. The number of rotatable bonds is 7. The van der Waals surface area contributed by atoms with Crippen molar-refractivity contribution in [3.05, 3.63) is 35.9 Å². The first-order chi connectivity index (χ1) is 10.6. The summed E-state index contributed by atoms with van der Waals surface area (Å²) in [5.74, 6) is -0.691. The maximum atomic E-state index is 12.0. The number of hydrogen-bond acceptors (Lipinski definition) is 4. The Morgan fingerprint density at radius 3 is 2.43 bits per heavy atom. The van der Waals surface area contributed by atoms with Crippen molar-refractivity contribution in [3.63, 3.8) is 0 Å². The summed E-state index contributed by atoms with van der Waals surface area (Å²) in [7, 11) is -4.17. The fourth-order valence-corrected chi connectivity index (χ4v) is 2.83. The van der Waals surface area contributed by atoms with E-state index in [4.69, 9.17) is 4.74 Å². The largest absolute Gasteiger partial charge is 0.445 e. The standard InChI is InChI=1S/C13H17F3N2O4S/c1-10(8-23(20,21)17-9-13(14,15)16)18-12(19)22-7-11-5-3-2-4-6-11/h2-6,10,17H,7-9H2,1H3,(H,18,19)/t10-/m1/s1. The molecule has 23 heavy (non-hydrogen) atoms. The normalized spacial score (nSPS) is 13.4. The molecule has 1 aromatic carbocycles. The summed E-state index contributed by atoms with van der Waals surface area (Å²) in [5.41, 5.74) is 0.745. The van der Waals surface area contributed by atoms with E-state index in [1.54, 1.807) is 30.3 Å². The van der Waals surface area contributed by atoms with Crippen molar-refractivity contribution in [2.24, 2.45) is 0 Å². The van der Waals surface area contributed by atoms with Crippen LogP contribution < -0.4 is 10.0 Å². The number of amides is 1. The summed E-state index contributed by atoms with van der Waals surface area (Å²) in [6, 6.07) is 7.88. The van der Waals surface area contributed by atoms with Gasteiger partial charge < -0.3 is 10.1 Å². The number of halogens is 3. The van der Waals surface area contributed by atoms with Crippen LogP contribution in [0.2, 0.25) is 0 Å². The highest BCUT2D eigenvalue weighted by molar-refractivity contribution is 7.89. The van der Waals surface area contributed by atoms with Crippen LogP contribution in [0.3, 0.4) is 0 Å². The van der Waals surface area contributed by atoms with Crippen LogP contribution in [0.25, 0.3) is 0 Å². The summed E-state index contributed by atoms with van der Waals surface area (Å²) in [5, 5.41) is 2.24. The zero-order chi connectivity index (χ0) is 17.5. The summed E-state index contributed by atoms with van der Waals surface area (Å²) in [6.07, 6.45) is -5.49. The highest BCUT2D eigenvalue weighted by Crippen LogP contribution is 2.12. The van der Waals surface area contributed by atoms with Gasteiger partial charge in [0.25, 0.3) is 0 Å². The Labute approximate surface area is 132 Å². The number of benzene rings is 1. The average Bonchev–Trinajstić information content (AvgIpc) is 2.43. The molecule has 0 radical (unpaired) electrons. The van der Waals surface area contributed by atoms with Crippen molar-refractivity contribution in [3.8, 4) is 0 Å². The molecular weight excluding hydrogens is 337 g/mol. The first-order valence-electron chi connectivity index (χ1n) is 6.59. The molecule has 0 fully saturated rings. The van der Waals surface area contributed by atoms with E-state index < -0.39 is 40.6 Å². The molecule has 6 nitrogen and oxygen atoms in total. The number of carbonyl (C=O) groups is 1. The Morgan fingerprint density at radius 1 is 1.26 bits per heavy atom. The molecule has 0 saturated heterocycles. The lowest BCUT2D eigenvalue weighted by Crippen LogP contribution is -2.43. The molecule has 0 aliphatic carbocycles. The van der Waals surface area contributed by atoms with E-state index in [1.807, 2.05) is 0 Å². The molecule has 0 bridgehead atoms. The van der Waals surface area contributed by atoms with Crippen LogP contribution in [0, 0.1) is 0 Å². The predicted octanol–water partition coefficient (Wildman–Crippen LogP) is 1.78. The van der Waals surface area contributed by atoms with E-state index in [2.05, 4.69) is 5.32 Å². The van der Waals surface area contributed by atoms with Gasteiger partial charge >= 0.3 is 12.3 Å². The molecule has 130 valence electrons. The molecule has 1 amide bonds. The van der Waals surface area contributed by atoms with Gasteiger partial charge in [-0.05, 0) is 12.5 Å². The molecule has 0 unspecified atom stereocenters. The van der Waals surface area contributed by atoms with E-state index in [0.717, 1.165) is 5.56 Å². The molecule has 0 aliphatic heterocycles. The molecule has 10 heteroatoms.